The van der Waals surface area contributed by atoms with Gasteiger partial charge in [-0.2, -0.15) is 10.4 Å². The fourth-order valence-corrected chi connectivity index (χ4v) is 3.18. The van der Waals surface area contributed by atoms with Crippen molar-refractivity contribution < 1.29 is 4.79 Å². The fraction of sp³-hybridized carbons (Fsp3) is 0.389. The Hall–Kier alpha value is -2.61. The second-order valence-electron chi connectivity index (χ2n) is 6.21. The Kier molecular flexibility index (Phi) is 3.91. The van der Waals surface area contributed by atoms with E-state index in [1.165, 1.54) is 0 Å². The molecule has 118 valence electrons. The molecule has 1 aliphatic rings. The van der Waals surface area contributed by atoms with Gasteiger partial charge >= 0.3 is 0 Å². The number of benzene rings is 1. The van der Waals surface area contributed by atoms with Crippen LogP contribution in [0.15, 0.2) is 30.3 Å². The summed E-state index contributed by atoms with van der Waals surface area (Å²) in [5.74, 6) is 0.409. The smallest absolute Gasteiger partial charge is 0.245 e. The van der Waals surface area contributed by atoms with Gasteiger partial charge in [-0.1, -0.05) is 37.1 Å². The van der Waals surface area contributed by atoms with Crippen LogP contribution in [0.4, 0.5) is 5.82 Å². The van der Waals surface area contributed by atoms with Crippen LogP contribution in [0.1, 0.15) is 31.2 Å². The lowest BCUT2D eigenvalue weighted by atomic mass is 9.87. The standard InChI is InChI=1S/C18H20N4O/c1-13-7-3-4-8-14(13)15-11-16(22(2)21-15)20-17(23)18(12-19)9-5-6-10-18/h3-4,7-8,11H,5-6,9-10H2,1-2H3,(H,20,23). The van der Waals surface area contributed by atoms with Gasteiger partial charge in [0.15, 0.2) is 0 Å². The van der Waals surface area contributed by atoms with Crippen molar-refractivity contribution in [1.29, 1.82) is 5.26 Å². The molecule has 1 aromatic heterocycles. The molecule has 1 aromatic carbocycles. The van der Waals surface area contributed by atoms with Crippen molar-refractivity contribution in [2.24, 2.45) is 12.5 Å². The maximum absolute atomic E-state index is 12.6. The number of anilines is 1. The quantitative estimate of drug-likeness (QED) is 0.944. The zero-order valence-electron chi connectivity index (χ0n) is 13.5. The molecule has 1 amide bonds. The SMILES string of the molecule is Cc1ccccc1-c1cc(NC(=O)C2(C#N)CCCC2)n(C)n1. The maximum atomic E-state index is 12.6. The largest absolute Gasteiger partial charge is 0.310 e. The van der Waals surface area contributed by atoms with Crippen LogP contribution in [0.3, 0.4) is 0 Å². The van der Waals surface area contributed by atoms with Gasteiger partial charge in [0.1, 0.15) is 11.2 Å². The molecule has 1 aliphatic carbocycles. The van der Waals surface area contributed by atoms with Gasteiger partial charge in [0.2, 0.25) is 5.91 Å². The highest BCUT2D eigenvalue weighted by Gasteiger charge is 2.41. The molecule has 5 heteroatoms. The summed E-state index contributed by atoms with van der Waals surface area (Å²) in [6.45, 7) is 2.03. The number of nitriles is 1. The van der Waals surface area contributed by atoms with Crippen molar-refractivity contribution in [3.63, 3.8) is 0 Å². The first-order valence-corrected chi connectivity index (χ1v) is 7.88. The molecule has 0 aliphatic heterocycles. The van der Waals surface area contributed by atoms with Crippen LogP contribution >= 0.6 is 0 Å². The van der Waals surface area contributed by atoms with E-state index >= 15 is 0 Å². The molecule has 2 aromatic rings. The van der Waals surface area contributed by atoms with Crippen LogP contribution in [0.25, 0.3) is 11.3 Å². The Morgan fingerprint density at radius 3 is 2.70 bits per heavy atom. The third-order valence-corrected chi connectivity index (χ3v) is 4.65. The molecule has 1 fully saturated rings. The predicted octanol–water partition coefficient (Wildman–Crippen LogP) is 3.42. The van der Waals surface area contributed by atoms with Gasteiger partial charge in [0.05, 0.1) is 11.8 Å². The average molecular weight is 308 g/mol. The van der Waals surface area contributed by atoms with Crippen molar-refractivity contribution in [3.05, 3.63) is 35.9 Å². The van der Waals surface area contributed by atoms with Crippen LogP contribution in [-0.2, 0) is 11.8 Å². The molecule has 0 atom stereocenters. The van der Waals surface area contributed by atoms with Gasteiger partial charge in [-0.15, -0.1) is 0 Å². The summed E-state index contributed by atoms with van der Waals surface area (Å²) in [6, 6.07) is 12.1. The molecule has 1 heterocycles. The molecule has 5 nitrogen and oxygen atoms in total. The highest BCUT2D eigenvalue weighted by molar-refractivity contribution is 5.97. The lowest BCUT2D eigenvalue weighted by molar-refractivity contribution is -0.122. The molecule has 3 rings (SSSR count). The number of carbonyl (C=O) groups excluding carboxylic acids is 1. The molecular weight excluding hydrogens is 288 g/mol. The topological polar surface area (TPSA) is 70.7 Å². The number of hydrogen-bond acceptors (Lipinski definition) is 3. The van der Waals surface area contributed by atoms with Crippen molar-refractivity contribution in [2.75, 3.05) is 5.32 Å². The summed E-state index contributed by atoms with van der Waals surface area (Å²) < 4.78 is 1.65. The number of rotatable bonds is 3. The van der Waals surface area contributed by atoms with Crippen molar-refractivity contribution in [3.8, 4) is 17.3 Å². The van der Waals surface area contributed by atoms with Crippen molar-refractivity contribution >= 4 is 11.7 Å². The second-order valence-corrected chi connectivity index (χ2v) is 6.21. The first-order valence-electron chi connectivity index (χ1n) is 7.88. The number of amides is 1. The Balaban J connectivity index is 1.86. The summed E-state index contributed by atoms with van der Waals surface area (Å²) in [5, 5.41) is 16.8. The van der Waals surface area contributed by atoms with E-state index in [0.717, 1.165) is 29.7 Å². The number of nitrogens with one attached hydrogen (secondary N) is 1. The highest BCUT2D eigenvalue weighted by Crippen LogP contribution is 2.38. The number of nitrogens with zero attached hydrogens (tertiary/aromatic N) is 3. The maximum Gasteiger partial charge on any atom is 0.245 e. The number of aryl methyl sites for hydroxylation is 2. The minimum atomic E-state index is -0.882. The summed E-state index contributed by atoms with van der Waals surface area (Å²) in [6.07, 6.45) is 3.14. The molecule has 1 saturated carbocycles. The number of aromatic nitrogens is 2. The summed E-state index contributed by atoms with van der Waals surface area (Å²) >= 11 is 0. The third-order valence-electron chi connectivity index (χ3n) is 4.65. The fourth-order valence-electron chi connectivity index (χ4n) is 3.18. The molecule has 1 N–H and O–H groups in total. The van der Waals surface area contributed by atoms with E-state index < -0.39 is 5.41 Å². The zero-order valence-corrected chi connectivity index (χ0v) is 13.5. The lowest BCUT2D eigenvalue weighted by Crippen LogP contribution is -2.33. The Morgan fingerprint density at radius 2 is 2.04 bits per heavy atom. The lowest BCUT2D eigenvalue weighted by Gasteiger charge is -2.18. The third kappa shape index (κ3) is 2.72. The van der Waals surface area contributed by atoms with Gasteiger partial charge in [0.25, 0.3) is 0 Å². The van der Waals surface area contributed by atoms with E-state index in [-0.39, 0.29) is 5.91 Å². The van der Waals surface area contributed by atoms with E-state index in [2.05, 4.69) is 16.5 Å². The van der Waals surface area contributed by atoms with Crippen LogP contribution in [0.2, 0.25) is 0 Å². The molecular formula is C18H20N4O. The van der Waals surface area contributed by atoms with Gasteiger partial charge in [-0.05, 0) is 25.3 Å². The molecule has 0 saturated heterocycles. The van der Waals surface area contributed by atoms with E-state index in [4.69, 9.17) is 0 Å². The summed E-state index contributed by atoms with van der Waals surface area (Å²) in [4.78, 5) is 12.6. The zero-order chi connectivity index (χ0) is 16.4. The molecule has 0 unspecified atom stereocenters. The monoisotopic (exact) mass is 308 g/mol. The van der Waals surface area contributed by atoms with E-state index in [9.17, 15) is 10.1 Å². The van der Waals surface area contributed by atoms with E-state index in [0.29, 0.717) is 18.7 Å². The second kappa shape index (κ2) is 5.88. The van der Waals surface area contributed by atoms with Crippen LogP contribution < -0.4 is 5.32 Å². The van der Waals surface area contributed by atoms with E-state index in [1.54, 1.807) is 11.7 Å². The van der Waals surface area contributed by atoms with Gasteiger partial charge < -0.3 is 5.32 Å². The normalized spacial score (nSPS) is 16.0. The van der Waals surface area contributed by atoms with E-state index in [1.807, 2.05) is 37.3 Å². The Labute approximate surface area is 135 Å². The van der Waals surface area contributed by atoms with Crippen molar-refractivity contribution in [2.45, 2.75) is 32.6 Å². The predicted molar refractivity (Wildman–Crippen MR) is 88.5 cm³/mol. The molecule has 0 bridgehead atoms. The van der Waals surface area contributed by atoms with Crippen LogP contribution in [0, 0.1) is 23.7 Å². The average Bonchev–Trinajstić information content (AvgIpc) is 3.16. The van der Waals surface area contributed by atoms with Crippen LogP contribution in [-0.4, -0.2) is 15.7 Å². The van der Waals surface area contributed by atoms with Gasteiger partial charge in [-0.25, -0.2) is 0 Å². The van der Waals surface area contributed by atoms with Crippen molar-refractivity contribution in [1.82, 2.24) is 9.78 Å². The summed E-state index contributed by atoms with van der Waals surface area (Å²) in [7, 11) is 1.80. The first kappa shape index (κ1) is 15.3. The van der Waals surface area contributed by atoms with Crippen LogP contribution in [0.5, 0.6) is 0 Å². The first-order chi connectivity index (χ1) is 11.1. The van der Waals surface area contributed by atoms with Gasteiger partial charge in [-0.3, -0.25) is 9.48 Å². The Morgan fingerprint density at radius 1 is 1.35 bits per heavy atom. The number of hydrogen-bond donors (Lipinski definition) is 1. The van der Waals surface area contributed by atoms with Gasteiger partial charge in [0, 0.05) is 18.7 Å². The summed E-state index contributed by atoms with van der Waals surface area (Å²) in [5.41, 5.74) is 2.11. The Bertz CT molecular complexity index is 779. The minimum Gasteiger partial charge on any atom is -0.310 e. The molecule has 0 spiro atoms. The molecule has 0 radical (unpaired) electrons. The minimum absolute atomic E-state index is 0.211. The highest BCUT2D eigenvalue weighted by atomic mass is 16.2. The number of carbonyl (C=O) groups is 1. The molecule has 23 heavy (non-hydrogen) atoms.